The molecule has 2 amide bonds. The van der Waals surface area contributed by atoms with E-state index < -0.39 is 0 Å². The fraction of sp³-hybridized carbons (Fsp3) is 0.875. The number of nitrogens with two attached hydrogens (primary N) is 1. The van der Waals surface area contributed by atoms with Crippen LogP contribution in [-0.4, -0.2) is 79.6 Å². The van der Waals surface area contributed by atoms with Gasteiger partial charge in [0.15, 0.2) is 0 Å². The van der Waals surface area contributed by atoms with Gasteiger partial charge < -0.3 is 20.7 Å². The highest BCUT2D eigenvalue weighted by atomic mass is 16.5. The Morgan fingerprint density at radius 3 is 2.87 bits per heavy atom. The fourth-order valence-corrected chi connectivity index (χ4v) is 3.28. The highest BCUT2D eigenvalue weighted by molar-refractivity contribution is 5.82. The molecule has 0 radical (unpaired) electrons. The molecular weight excluding hydrogens is 296 g/mol. The molecule has 0 aromatic heterocycles. The van der Waals surface area contributed by atoms with E-state index in [0.717, 1.165) is 38.9 Å². The minimum atomic E-state index is -0.371. The number of rotatable bonds is 6. The zero-order chi connectivity index (χ0) is 16.7. The summed E-state index contributed by atoms with van der Waals surface area (Å²) in [5, 5.41) is 2.90. The van der Waals surface area contributed by atoms with Crippen molar-refractivity contribution in [1.29, 1.82) is 0 Å². The maximum absolute atomic E-state index is 12.8. The molecule has 7 heteroatoms. The Bertz CT molecular complexity index is 405. The standard InChI is InChI=1S/C16H30N4O3/c1-2-19-9-10-23-14(12-19)16(22)20-8-4-3-5-13(20)11-18-15(21)6-7-17/h13-14H,2-12,17H2,1H3,(H,18,21). The number of carbonyl (C=O) groups is 2. The Labute approximate surface area is 138 Å². The Kier molecular flexibility index (Phi) is 7.26. The molecule has 0 bridgehead atoms. The molecule has 3 N–H and O–H groups in total. The minimum Gasteiger partial charge on any atom is -0.366 e. The van der Waals surface area contributed by atoms with Crippen molar-refractivity contribution in [2.45, 2.75) is 44.8 Å². The van der Waals surface area contributed by atoms with Crippen LogP contribution in [0.1, 0.15) is 32.6 Å². The SMILES string of the molecule is CCN1CCOC(C(=O)N2CCCCC2CNC(=O)CCN)C1. The molecule has 2 atom stereocenters. The number of likely N-dealkylation sites (N-methyl/N-ethyl adjacent to an activating group) is 1. The molecule has 2 saturated heterocycles. The van der Waals surface area contributed by atoms with Gasteiger partial charge in [-0.1, -0.05) is 6.92 Å². The normalized spacial score (nSPS) is 26.1. The summed E-state index contributed by atoms with van der Waals surface area (Å²) in [4.78, 5) is 28.6. The quantitative estimate of drug-likeness (QED) is 0.690. The van der Waals surface area contributed by atoms with Gasteiger partial charge in [0.1, 0.15) is 6.10 Å². The third kappa shape index (κ3) is 5.16. The molecule has 0 spiro atoms. The largest absolute Gasteiger partial charge is 0.366 e. The average molecular weight is 326 g/mol. The lowest BCUT2D eigenvalue weighted by atomic mass is 10.0. The van der Waals surface area contributed by atoms with Gasteiger partial charge in [-0.25, -0.2) is 0 Å². The molecule has 23 heavy (non-hydrogen) atoms. The Morgan fingerprint density at radius 1 is 1.30 bits per heavy atom. The van der Waals surface area contributed by atoms with Crippen LogP contribution in [0, 0.1) is 0 Å². The Balaban J connectivity index is 1.91. The number of likely N-dealkylation sites (tertiary alicyclic amines) is 1. The summed E-state index contributed by atoms with van der Waals surface area (Å²) in [5.74, 6) is 0.0254. The lowest BCUT2D eigenvalue weighted by molar-refractivity contribution is -0.153. The van der Waals surface area contributed by atoms with Crippen LogP contribution in [0.4, 0.5) is 0 Å². The van der Waals surface area contributed by atoms with Gasteiger partial charge in [-0.2, -0.15) is 0 Å². The molecule has 0 aliphatic carbocycles. The topological polar surface area (TPSA) is 87.9 Å². The van der Waals surface area contributed by atoms with Crippen LogP contribution < -0.4 is 11.1 Å². The summed E-state index contributed by atoms with van der Waals surface area (Å²) in [5.41, 5.74) is 5.39. The second-order valence-corrected chi connectivity index (χ2v) is 6.28. The maximum atomic E-state index is 12.8. The number of nitrogens with one attached hydrogen (secondary N) is 1. The molecule has 0 saturated carbocycles. The molecule has 2 aliphatic heterocycles. The summed E-state index contributed by atoms with van der Waals surface area (Å²) >= 11 is 0. The third-order valence-corrected chi connectivity index (χ3v) is 4.69. The fourth-order valence-electron chi connectivity index (χ4n) is 3.28. The molecule has 0 aromatic rings. The van der Waals surface area contributed by atoms with Gasteiger partial charge in [0.25, 0.3) is 5.91 Å². The van der Waals surface area contributed by atoms with Gasteiger partial charge in [-0.3, -0.25) is 14.5 Å². The zero-order valence-electron chi connectivity index (χ0n) is 14.1. The molecule has 132 valence electrons. The third-order valence-electron chi connectivity index (χ3n) is 4.69. The van der Waals surface area contributed by atoms with Gasteiger partial charge in [0, 0.05) is 45.2 Å². The Morgan fingerprint density at radius 2 is 2.13 bits per heavy atom. The summed E-state index contributed by atoms with van der Waals surface area (Å²) in [7, 11) is 0. The molecule has 2 aliphatic rings. The second-order valence-electron chi connectivity index (χ2n) is 6.28. The lowest BCUT2D eigenvalue weighted by Crippen LogP contribution is -2.56. The molecule has 2 heterocycles. The van der Waals surface area contributed by atoms with E-state index in [9.17, 15) is 9.59 Å². The minimum absolute atomic E-state index is 0.0449. The average Bonchev–Trinajstić information content (AvgIpc) is 2.60. The molecule has 2 unspecified atom stereocenters. The first kappa shape index (κ1) is 18.2. The number of morpholine rings is 1. The summed E-state index contributed by atoms with van der Waals surface area (Å²) in [6.45, 7) is 6.81. The molecule has 0 aromatic carbocycles. The number of ether oxygens (including phenoxy) is 1. The van der Waals surface area contributed by atoms with Gasteiger partial charge in [-0.15, -0.1) is 0 Å². The lowest BCUT2D eigenvalue weighted by Gasteiger charge is -2.40. The molecular formula is C16H30N4O3. The summed E-state index contributed by atoms with van der Waals surface area (Å²) in [6.07, 6.45) is 3.00. The van der Waals surface area contributed by atoms with E-state index in [1.807, 2.05) is 4.90 Å². The van der Waals surface area contributed by atoms with Gasteiger partial charge >= 0.3 is 0 Å². The van der Waals surface area contributed by atoms with Crippen molar-refractivity contribution in [3.63, 3.8) is 0 Å². The number of amides is 2. The maximum Gasteiger partial charge on any atom is 0.253 e. The van der Waals surface area contributed by atoms with Crippen molar-refractivity contribution >= 4 is 11.8 Å². The van der Waals surface area contributed by atoms with E-state index in [1.165, 1.54) is 0 Å². The van der Waals surface area contributed by atoms with Gasteiger partial charge in [-0.05, 0) is 25.8 Å². The summed E-state index contributed by atoms with van der Waals surface area (Å²) in [6, 6.07) is 0.0681. The summed E-state index contributed by atoms with van der Waals surface area (Å²) < 4.78 is 5.70. The number of nitrogens with zero attached hydrogens (tertiary/aromatic N) is 2. The zero-order valence-corrected chi connectivity index (χ0v) is 14.1. The predicted molar refractivity (Wildman–Crippen MR) is 87.9 cm³/mol. The number of piperidine rings is 1. The van der Waals surface area contributed by atoms with E-state index in [4.69, 9.17) is 10.5 Å². The number of hydrogen-bond donors (Lipinski definition) is 2. The van der Waals surface area contributed by atoms with E-state index in [-0.39, 0.29) is 24.0 Å². The number of carbonyl (C=O) groups excluding carboxylic acids is 2. The highest BCUT2D eigenvalue weighted by Gasteiger charge is 2.34. The molecule has 7 nitrogen and oxygen atoms in total. The smallest absolute Gasteiger partial charge is 0.253 e. The van der Waals surface area contributed by atoms with Crippen LogP contribution in [0.2, 0.25) is 0 Å². The highest BCUT2D eigenvalue weighted by Crippen LogP contribution is 2.19. The van der Waals surface area contributed by atoms with Crippen LogP contribution >= 0.6 is 0 Å². The van der Waals surface area contributed by atoms with E-state index in [0.29, 0.717) is 32.7 Å². The van der Waals surface area contributed by atoms with Crippen molar-refractivity contribution in [2.75, 3.05) is 45.9 Å². The number of hydrogen-bond acceptors (Lipinski definition) is 5. The van der Waals surface area contributed by atoms with Crippen LogP contribution in [0.5, 0.6) is 0 Å². The van der Waals surface area contributed by atoms with Crippen LogP contribution in [0.25, 0.3) is 0 Å². The second kappa shape index (κ2) is 9.20. The van der Waals surface area contributed by atoms with Crippen molar-refractivity contribution in [1.82, 2.24) is 15.1 Å². The Hall–Kier alpha value is -1.18. The van der Waals surface area contributed by atoms with E-state index in [1.54, 1.807) is 0 Å². The van der Waals surface area contributed by atoms with E-state index in [2.05, 4.69) is 17.1 Å². The molecule has 2 rings (SSSR count). The van der Waals surface area contributed by atoms with Gasteiger partial charge in [0.05, 0.1) is 6.61 Å². The van der Waals surface area contributed by atoms with Crippen molar-refractivity contribution in [2.24, 2.45) is 5.73 Å². The monoisotopic (exact) mass is 326 g/mol. The van der Waals surface area contributed by atoms with Crippen molar-refractivity contribution in [3.8, 4) is 0 Å². The first-order valence-corrected chi connectivity index (χ1v) is 8.77. The van der Waals surface area contributed by atoms with E-state index >= 15 is 0 Å². The van der Waals surface area contributed by atoms with Crippen LogP contribution in [0.15, 0.2) is 0 Å². The van der Waals surface area contributed by atoms with Crippen LogP contribution in [0.3, 0.4) is 0 Å². The van der Waals surface area contributed by atoms with Crippen molar-refractivity contribution < 1.29 is 14.3 Å². The first-order valence-electron chi connectivity index (χ1n) is 8.77. The predicted octanol–water partition coefficient (Wildman–Crippen LogP) is -0.447. The van der Waals surface area contributed by atoms with Crippen LogP contribution in [-0.2, 0) is 14.3 Å². The molecule has 2 fully saturated rings. The van der Waals surface area contributed by atoms with Gasteiger partial charge in [0.2, 0.25) is 5.91 Å². The van der Waals surface area contributed by atoms with Crippen molar-refractivity contribution in [3.05, 3.63) is 0 Å². The first-order chi connectivity index (χ1) is 11.2.